The number of nitrogens with one attached hydrogen (secondary N) is 2. The molecule has 0 saturated heterocycles. The van der Waals surface area contributed by atoms with Crippen LogP contribution in [0.25, 0.3) is 0 Å². The van der Waals surface area contributed by atoms with Crippen molar-refractivity contribution >= 4 is 6.03 Å². The number of halogens is 1. The fourth-order valence-corrected chi connectivity index (χ4v) is 2.72. The Labute approximate surface area is 128 Å². The van der Waals surface area contributed by atoms with Crippen molar-refractivity contribution < 1.29 is 9.18 Å². The van der Waals surface area contributed by atoms with E-state index in [1.807, 2.05) is 0 Å². The summed E-state index contributed by atoms with van der Waals surface area (Å²) in [5, 5.41) is 5.70. The van der Waals surface area contributed by atoms with Gasteiger partial charge < -0.3 is 10.6 Å². The molecule has 1 atom stereocenters. The molecular formula is C16H17FN4O. The van der Waals surface area contributed by atoms with Crippen molar-refractivity contribution in [3.8, 4) is 0 Å². The molecule has 2 N–H and O–H groups in total. The number of fused-ring (bicyclic) bond motifs is 1. The normalized spacial score (nSPS) is 16.2. The van der Waals surface area contributed by atoms with Gasteiger partial charge in [0.2, 0.25) is 0 Å². The van der Waals surface area contributed by atoms with Gasteiger partial charge in [-0.3, -0.25) is 0 Å². The standard InChI is InChI=1S/C16H17FN4O/c1-10-18-7-6-13(20-10)9-19-16(22)21-15-5-2-11-8-12(17)3-4-14(11)15/h3-4,6-8,15H,2,5,9H2,1H3,(H2,19,21,22). The molecular weight excluding hydrogens is 283 g/mol. The van der Waals surface area contributed by atoms with Crippen molar-refractivity contribution in [2.75, 3.05) is 0 Å². The number of amides is 2. The lowest BCUT2D eigenvalue weighted by molar-refractivity contribution is 0.236. The highest BCUT2D eigenvalue weighted by molar-refractivity contribution is 5.74. The zero-order valence-electron chi connectivity index (χ0n) is 12.3. The third-order valence-electron chi connectivity index (χ3n) is 3.75. The van der Waals surface area contributed by atoms with E-state index in [0.717, 1.165) is 29.7 Å². The molecule has 3 rings (SSSR count). The molecule has 0 radical (unpaired) electrons. The molecule has 0 bridgehead atoms. The summed E-state index contributed by atoms with van der Waals surface area (Å²) in [6.07, 6.45) is 3.24. The predicted octanol–water partition coefficient (Wildman–Crippen LogP) is 2.41. The Kier molecular flexibility index (Phi) is 4.00. The van der Waals surface area contributed by atoms with Gasteiger partial charge in [0.15, 0.2) is 0 Å². The summed E-state index contributed by atoms with van der Waals surface area (Å²) in [6.45, 7) is 2.15. The maximum absolute atomic E-state index is 13.2. The number of rotatable bonds is 3. The highest BCUT2D eigenvalue weighted by Gasteiger charge is 2.24. The van der Waals surface area contributed by atoms with E-state index in [2.05, 4.69) is 20.6 Å². The number of carbonyl (C=O) groups is 1. The van der Waals surface area contributed by atoms with Crippen LogP contribution in [0, 0.1) is 12.7 Å². The number of nitrogens with zero attached hydrogens (tertiary/aromatic N) is 2. The second-order valence-corrected chi connectivity index (χ2v) is 5.36. The molecule has 1 aromatic heterocycles. The summed E-state index contributed by atoms with van der Waals surface area (Å²) in [4.78, 5) is 20.2. The van der Waals surface area contributed by atoms with Crippen LogP contribution in [0.3, 0.4) is 0 Å². The van der Waals surface area contributed by atoms with E-state index in [-0.39, 0.29) is 17.9 Å². The average molecular weight is 300 g/mol. The molecule has 22 heavy (non-hydrogen) atoms. The zero-order valence-corrected chi connectivity index (χ0v) is 12.3. The first-order chi connectivity index (χ1) is 10.6. The van der Waals surface area contributed by atoms with Gasteiger partial charge in [-0.15, -0.1) is 0 Å². The van der Waals surface area contributed by atoms with Crippen LogP contribution in [0.15, 0.2) is 30.5 Å². The summed E-state index contributed by atoms with van der Waals surface area (Å²) >= 11 is 0. The SMILES string of the molecule is Cc1nccc(CNC(=O)NC2CCc3cc(F)ccc32)n1. The Hall–Kier alpha value is -2.50. The summed E-state index contributed by atoms with van der Waals surface area (Å²) in [5.74, 6) is 0.439. The first-order valence-electron chi connectivity index (χ1n) is 7.23. The summed E-state index contributed by atoms with van der Waals surface area (Å²) in [5.41, 5.74) is 2.72. The number of carbonyl (C=O) groups excluding carboxylic acids is 1. The lowest BCUT2D eigenvalue weighted by atomic mass is 10.1. The van der Waals surface area contributed by atoms with Gasteiger partial charge in [-0.05, 0) is 49.1 Å². The van der Waals surface area contributed by atoms with Gasteiger partial charge in [-0.2, -0.15) is 0 Å². The van der Waals surface area contributed by atoms with E-state index >= 15 is 0 Å². The van der Waals surface area contributed by atoms with Crippen molar-refractivity contribution in [3.05, 3.63) is 58.9 Å². The van der Waals surface area contributed by atoms with Crippen LogP contribution in [0.5, 0.6) is 0 Å². The lowest BCUT2D eigenvalue weighted by Gasteiger charge is -2.15. The van der Waals surface area contributed by atoms with E-state index < -0.39 is 0 Å². The van der Waals surface area contributed by atoms with E-state index in [4.69, 9.17) is 0 Å². The monoisotopic (exact) mass is 300 g/mol. The highest BCUT2D eigenvalue weighted by Crippen LogP contribution is 2.31. The molecule has 6 heteroatoms. The van der Waals surface area contributed by atoms with Crippen molar-refractivity contribution in [1.82, 2.24) is 20.6 Å². The van der Waals surface area contributed by atoms with Crippen LogP contribution in [-0.2, 0) is 13.0 Å². The fraction of sp³-hybridized carbons (Fsp3) is 0.312. The second-order valence-electron chi connectivity index (χ2n) is 5.36. The maximum atomic E-state index is 13.2. The van der Waals surface area contributed by atoms with Crippen LogP contribution < -0.4 is 10.6 Å². The zero-order chi connectivity index (χ0) is 15.5. The minimum atomic E-state index is -0.251. The van der Waals surface area contributed by atoms with E-state index in [1.165, 1.54) is 6.07 Å². The van der Waals surface area contributed by atoms with Crippen LogP contribution in [0.4, 0.5) is 9.18 Å². The molecule has 114 valence electrons. The van der Waals surface area contributed by atoms with E-state index in [9.17, 15) is 9.18 Å². The quantitative estimate of drug-likeness (QED) is 0.914. The molecule has 1 heterocycles. The largest absolute Gasteiger partial charge is 0.332 e. The molecule has 0 saturated carbocycles. The van der Waals surface area contributed by atoms with Crippen molar-refractivity contribution in [2.45, 2.75) is 32.4 Å². The van der Waals surface area contributed by atoms with Gasteiger partial charge in [0, 0.05) is 6.20 Å². The summed E-state index contributed by atoms with van der Waals surface area (Å²) in [7, 11) is 0. The number of urea groups is 1. The Morgan fingerprint density at radius 1 is 1.41 bits per heavy atom. The Morgan fingerprint density at radius 3 is 3.09 bits per heavy atom. The van der Waals surface area contributed by atoms with Crippen molar-refractivity contribution in [1.29, 1.82) is 0 Å². The Morgan fingerprint density at radius 2 is 2.27 bits per heavy atom. The predicted molar refractivity (Wildman–Crippen MR) is 79.6 cm³/mol. The van der Waals surface area contributed by atoms with Gasteiger partial charge in [0.05, 0.1) is 18.3 Å². The average Bonchev–Trinajstić information content (AvgIpc) is 2.87. The molecule has 1 aliphatic rings. The summed E-state index contributed by atoms with van der Waals surface area (Å²) < 4.78 is 13.2. The lowest BCUT2D eigenvalue weighted by Crippen LogP contribution is -2.37. The van der Waals surface area contributed by atoms with Crippen molar-refractivity contribution in [3.63, 3.8) is 0 Å². The van der Waals surface area contributed by atoms with Gasteiger partial charge in [0.25, 0.3) is 0 Å². The molecule has 2 aromatic rings. The summed E-state index contributed by atoms with van der Waals surface area (Å²) in [6, 6.07) is 6.16. The molecule has 1 unspecified atom stereocenters. The van der Waals surface area contributed by atoms with Gasteiger partial charge >= 0.3 is 6.03 Å². The molecule has 1 aromatic carbocycles. The Balaban J connectivity index is 1.57. The second kappa shape index (κ2) is 6.09. The van der Waals surface area contributed by atoms with E-state index in [0.29, 0.717) is 12.4 Å². The number of hydrogen-bond donors (Lipinski definition) is 2. The van der Waals surface area contributed by atoms with E-state index in [1.54, 1.807) is 31.3 Å². The maximum Gasteiger partial charge on any atom is 0.315 e. The number of aryl methyl sites for hydroxylation is 2. The first-order valence-corrected chi connectivity index (χ1v) is 7.23. The minimum absolute atomic E-state index is 0.0669. The molecule has 1 aliphatic carbocycles. The van der Waals surface area contributed by atoms with Gasteiger partial charge in [-0.25, -0.2) is 19.2 Å². The topological polar surface area (TPSA) is 66.9 Å². The number of hydrogen-bond acceptors (Lipinski definition) is 3. The van der Waals surface area contributed by atoms with Crippen molar-refractivity contribution in [2.24, 2.45) is 0 Å². The Bertz CT molecular complexity index is 704. The molecule has 0 spiro atoms. The number of benzene rings is 1. The molecule has 0 fully saturated rings. The van der Waals surface area contributed by atoms with Crippen LogP contribution in [0.2, 0.25) is 0 Å². The smallest absolute Gasteiger partial charge is 0.315 e. The minimum Gasteiger partial charge on any atom is -0.332 e. The van der Waals surface area contributed by atoms with Gasteiger partial charge in [0.1, 0.15) is 11.6 Å². The van der Waals surface area contributed by atoms with Gasteiger partial charge in [-0.1, -0.05) is 6.07 Å². The fourth-order valence-electron chi connectivity index (χ4n) is 2.72. The molecule has 2 amide bonds. The van der Waals surface area contributed by atoms with Crippen LogP contribution in [0.1, 0.15) is 35.1 Å². The van der Waals surface area contributed by atoms with Crippen LogP contribution >= 0.6 is 0 Å². The third kappa shape index (κ3) is 3.21. The number of aromatic nitrogens is 2. The molecule has 0 aliphatic heterocycles. The van der Waals surface area contributed by atoms with Crippen LogP contribution in [-0.4, -0.2) is 16.0 Å². The third-order valence-corrected chi connectivity index (χ3v) is 3.75. The highest BCUT2D eigenvalue weighted by atomic mass is 19.1. The molecule has 5 nitrogen and oxygen atoms in total. The first kappa shape index (κ1) is 14.4.